The van der Waals surface area contributed by atoms with E-state index < -0.39 is 0 Å². The van der Waals surface area contributed by atoms with E-state index in [4.69, 9.17) is 0 Å². The Morgan fingerprint density at radius 2 is 2.46 bits per heavy atom. The Morgan fingerprint density at radius 1 is 1.62 bits per heavy atom. The fourth-order valence-corrected chi connectivity index (χ4v) is 1.43. The predicted octanol–water partition coefficient (Wildman–Crippen LogP) is 0.503. The molecule has 6 heteroatoms. The molecule has 0 bridgehead atoms. The molecule has 2 aromatic rings. The van der Waals surface area contributed by atoms with Crippen LogP contribution in [0.5, 0.6) is 0 Å². The predicted molar refractivity (Wildman–Crippen MR) is 46.5 cm³/mol. The van der Waals surface area contributed by atoms with E-state index >= 15 is 0 Å². The fraction of sp³-hybridized carbons (Fsp3) is 0.143. The van der Waals surface area contributed by atoms with E-state index in [0.29, 0.717) is 11.4 Å². The summed E-state index contributed by atoms with van der Waals surface area (Å²) in [6, 6.07) is 1.65. The summed E-state index contributed by atoms with van der Waals surface area (Å²) in [6.07, 6.45) is 1.58. The van der Waals surface area contributed by atoms with E-state index in [0.717, 1.165) is 11.5 Å². The van der Waals surface area contributed by atoms with Crippen LogP contribution in [0.3, 0.4) is 0 Å². The van der Waals surface area contributed by atoms with Crippen molar-refractivity contribution in [3.8, 4) is 0 Å². The molecule has 0 aliphatic carbocycles. The first-order chi connectivity index (χ1) is 6.29. The maximum absolute atomic E-state index is 11.6. The van der Waals surface area contributed by atoms with Gasteiger partial charge in [0, 0.05) is 18.6 Å². The number of hydrogen-bond acceptors (Lipinski definition) is 5. The molecule has 5 nitrogen and oxygen atoms in total. The Labute approximate surface area is 78.2 Å². The molecular formula is C7H6N4OS. The molecular weight excluding hydrogens is 188 g/mol. The number of carbonyl (C=O) groups excluding carboxylic acids is 1. The van der Waals surface area contributed by atoms with Crippen LogP contribution in [0.2, 0.25) is 0 Å². The highest BCUT2D eigenvalue weighted by atomic mass is 32.1. The zero-order chi connectivity index (χ0) is 9.26. The van der Waals surface area contributed by atoms with Crippen molar-refractivity contribution in [2.75, 3.05) is 0 Å². The number of hydrogen-bond donors (Lipinski definition) is 0. The third kappa shape index (κ3) is 1.35. The summed E-state index contributed by atoms with van der Waals surface area (Å²) in [6.45, 7) is 0. The van der Waals surface area contributed by atoms with Crippen LogP contribution in [-0.2, 0) is 7.05 Å². The van der Waals surface area contributed by atoms with Crippen molar-refractivity contribution in [2.24, 2.45) is 7.05 Å². The van der Waals surface area contributed by atoms with Crippen molar-refractivity contribution >= 4 is 17.3 Å². The molecule has 0 saturated carbocycles. The summed E-state index contributed by atoms with van der Waals surface area (Å²) in [5.74, 6) is -0.145. The van der Waals surface area contributed by atoms with Crippen molar-refractivity contribution in [3.05, 3.63) is 29.0 Å². The van der Waals surface area contributed by atoms with Crippen LogP contribution < -0.4 is 0 Å². The van der Waals surface area contributed by atoms with Crippen molar-refractivity contribution in [2.45, 2.75) is 0 Å². The molecule has 13 heavy (non-hydrogen) atoms. The van der Waals surface area contributed by atoms with Crippen molar-refractivity contribution in [3.63, 3.8) is 0 Å². The van der Waals surface area contributed by atoms with Crippen LogP contribution in [0.4, 0.5) is 0 Å². The van der Waals surface area contributed by atoms with Gasteiger partial charge in [-0.3, -0.25) is 9.48 Å². The van der Waals surface area contributed by atoms with Crippen molar-refractivity contribution < 1.29 is 4.79 Å². The van der Waals surface area contributed by atoms with Crippen molar-refractivity contribution in [1.82, 2.24) is 19.4 Å². The highest BCUT2D eigenvalue weighted by molar-refractivity contribution is 7.03. The van der Waals surface area contributed by atoms with Gasteiger partial charge in [0.05, 0.1) is 0 Å². The fourth-order valence-electron chi connectivity index (χ4n) is 0.991. The SMILES string of the molecule is Cn1nccc1C(=O)c1csnn1. The number of rotatable bonds is 2. The molecule has 0 fully saturated rings. The second-order valence-electron chi connectivity index (χ2n) is 2.46. The molecule has 0 aliphatic rings. The van der Waals surface area contributed by atoms with Crippen LogP contribution in [0.15, 0.2) is 17.6 Å². The van der Waals surface area contributed by atoms with E-state index in [-0.39, 0.29) is 5.78 Å². The maximum Gasteiger partial charge on any atom is 0.232 e. The molecule has 0 N–H and O–H groups in total. The molecule has 0 saturated heterocycles. The Hall–Kier alpha value is -1.56. The molecule has 0 amide bonds. The largest absolute Gasteiger partial charge is 0.285 e. The number of carbonyl (C=O) groups is 1. The zero-order valence-corrected chi connectivity index (χ0v) is 7.65. The van der Waals surface area contributed by atoms with Gasteiger partial charge < -0.3 is 0 Å². The lowest BCUT2D eigenvalue weighted by atomic mass is 10.2. The van der Waals surface area contributed by atoms with Gasteiger partial charge in [0.2, 0.25) is 5.78 Å². The molecule has 0 spiro atoms. The van der Waals surface area contributed by atoms with Crippen LogP contribution >= 0.6 is 11.5 Å². The first-order valence-electron chi connectivity index (χ1n) is 3.59. The Kier molecular flexibility index (Phi) is 1.90. The summed E-state index contributed by atoms with van der Waals surface area (Å²) >= 11 is 1.16. The second-order valence-corrected chi connectivity index (χ2v) is 3.07. The van der Waals surface area contributed by atoms with E-state index in [1.807, 2.05) is 0 Å². The topological polar surface area (TPSA) is 60.7 Å². The minimum absolute atomic E-state index is 0.145. The molecule has 0 radical (unpaired) electrons. The van der Waals surface area contributed by atoms with Gasteiger partial charge in [-0.2, -0.15) is 5.10 Å². The van der Waals surface area contributed by atoms with Gasteiger partial charge in [-0.25, -0.2) is 0 Å². The minimum Gasteiger partial charge on any atom is -0.285 e. The lowest BCUT2D eigenvalue weighted by Gasteiger charge is -1.95. The second kappa shape index (κ2) is 3.06. The Balaban J connectivity index is 2.39. The summed E-state index contributed by atoms with van der Waals surface area (Å²) in [4.78, 5) is 11.6. The van der Waals surface area contributed by atoms with Crippen LogP contribution in [0, 0.1) is 0 Å². The smallest absolute Gasteiger partial charge is 0.232 e. The van der Waals surface area contributed by atoms with Gasteiger partial charge in [0.15, 0.2) is 0 Å². The molecule has 0 aliphatic heterocycles. The number of aromatic nitrogens is 4. The minimum atomic E-state index is -0.145. The highest BCUT2D eigenvalue weighted by Gasteiger charge is 2.14. The van der Waals surface area contributed by atoms with Gasteiger partial charge in [0.1, 0.15) is 11.4 Å². The van der Waals surface area contributed by atoms with Gasteiger partial charge >= 0.3 is 0 Å². The van der Waals surface area contributed by atoms with E-state index in [9.17, 15) is 4.79 Å². The van der Waals surface area contributed by atoms with Gasteiger partial charge in [-0.15, -0.1) is 5.10 Å². The number of aryl methyl sites for hydroxylation is 1. The summed E-state index contributed by atoms with van der Waals surface area (Å²) in [5, 5.41) is 9.21. The van der Waals surface area contributed by atoms with Crippen LogP contribution in [0.25, 0.3) is 0 Å². The third-order valence-electron chi connectivity index (χ3n) is 1.65. The summed E-state index contributed by atoms with van der Waals surface area (Å²) < 4.78 is 5.14. The molecule has 2 rings (SSSR count). The average molecular weight is 194 g/mol. The molecule has 0 unspecified atom stereocenters. The summed E-state index contributed by atoms with van der Waals surface area (Å²) in [7, 11) is 1.72. The standard InChI is InChI=1S/C7H6N4OS/c1-11-6(2-3-8-11)7(12)5-4-13-10-9-5/h2-4H,1H3. The van der Waals surface area contributed by atoms with Gasteiger partial charge in [0.25, 0.3) is 0 Å². The lowest BCUT2D eigenvalue weighted by molar-refractivity contribution is 0.102. The van der Waals surface area contributed by atoms with Gasteiger partial charge in [-0.1, -0.05) is 4.49 Å². The van der Waals surface area contributed by atoms with Crippen LogP contribution in [-0.4, -0.2) is 25.2 Å². The van der Waals surface area contributed by atoms with Gasteiger partial charge in [-0.05, 0) is 17.6 Å². The Bertz CT molecular complexity index is 419. The first kappa shape index (κ1) is 8.06. The van der Waals surface area contributed by atoms with E-state index in [1.54, 1.807) is 24.7 Å². The maximum atomic E-state index is 11.6. The third-order valence-corrected chi connectivity index (χ3v) is 2.15. The molecule has 0 atom stereocenters. The average Bonchev–Trinajstić information content (AvgIpc) is 2.72. The van der Waals surface area contributed by atoms with Crippen LogP contribution in [0.1, 0.15) is 16.2 Å². The van der Waals surface area contributed by atoms with E-state index in [2.05, 4.69) is 14.7 Å². The normalized spacial score (nSPS) is 10.2. The number of ketones is 1. The molecule has 2 aromatic heterocycles. The van der Waals surface area contributed by atoms with Crippen molar-refractivity contribution in [1.29, 1.82) is 0 Å². The molecule has 66 valence electrons. The first-order valence-corrected chi connectivity index (χ1v) is 4.42. The van der Waals surface area contributed by atoms with E-state index in [1.165, 1.54) is 4.68 Å². The summed E-state index contributed by atoms with van der Waals surface area (Å²) in [5.41, 5.74) is 0.890. The molecule has 0 aromatic carbocycles. The molecule has 2 heterocycles. The highest BCUT2D eigenvalue weighted by Crippen LogP contribution is 2.06. The lowest BCUT2D eigenvalue weighted by Crippen LogP contribution is -2.08. The monoisotopic (exact) mass is 194 g/mol. The Morgan fingerprint density at radius 3 is 3.00 bits per heavy atom. The number of nitrogens with zero attached hydrogens (tertiary/aromatic N) is 4. The quantitative estimate of drug-likeness (QED) is 0.653. The zero-order valence-electron chi connectivity index (χ0n) is 6.84.